The van der Waals surface area contributed by atoms with Crippen molar-refractivity contribution in [1.82, 2.24) is 36.4 Å². The average Bonchev–Trinajstić information content (AvgIpc) is 3.37. The van der Waals surface area contributed by atoms with Crippen molar-refractivity contribution in [2.75, 3.05) is 7.05 Å². The summed E-state index contributed by atoms with van der Waals surface area (Å²) >= 11 is 0. The number of amides is 8. The molecule has 5 rings (SSSR count). The third-order valence-corrected chi connectivity index (χ3v) is 14.0. The van der Waals surface area contributed by atoms with Crippen LogP contribution in [0.15, 0.2) is 66.7 Å². The van der Waals surface area contributed by atoms with Gasteiger partial charge >= 0.3 is 5.97 Å². The zero-order valence-electron chi connectivity index (χ0n) is 42.8. The van der Waals surface area contributed by atoms with Crippen LogP contribution in [0.25, 0.3) is 0 Å². The number of benzene rings is 2. The van der Waals surface area contributed by atoms with Gasteiger partial charge in [-0.05, 0) is 87.5 Å². The second-order valence-corrected chi connectivity index (χ2v) is 19.7. The number of allylic oxidation sites excluding steroid dienone is 1. The number of aliphatic hydroxyl groups excluding tert-OH is 4. The number of likely N-dealkylation sites (N-methyl/N-ethyl adjacent to an activating group) is 1. The van der Waals surface area contributed by atoms with Crippen LogP contribution in [-0.2, 0) is 60.7 Å². The first kappa shape index (κ1) is 58.9. The van der Waals surface area contributed by atoms with Gasteiger partial charge in [0.2, 0.25) is 47.3 Å². The van der Waals surface area contributed by atoms with Gasteiger partial charge in [-0.1, -0.05) is 74.9 Å². The molecule has 2 heterocycles. The number of nitrogens with two attached hydrogens (primary N) is 1. The number of phenolic OH excluding ortho intramolecular Hbond substituents is 1. The first-order valence-electron chi connectivity index (χ1n) is 25.3. The number of aromatic hydroxyl groups is 1. The number of phenols is 1. The van der Waals surface area contributed by atoms with Crippen LogP contribution in [0.1, 0.15) is 90.2 Å². The predicted octanol–water partition coefficient (Wildman–Crippen LogP) is -1.55. The Balaban J connectivity index is 1.59. The quantitative estimate of drug-likeness (QED) is 0.0670. The lowest BCUT2D eigenvalue weighted by molar-refractivity contribution is -0.170. The zero-order chi connectivity index (χ0) is 55.3. The molecule has 4 unspecified atom stereocenters. The van der Waals surface area contributed by atoms with Gasteiger partial charge in [0.05, 0.1) is 12.2 Å². The Morgan fingerprint density at radius 2 is 1.51 bits per heavy atom. The fraction of sp³-hybridized carbons (Fsp3) is 0.558. The highest BCUT2D eigenvalue weighted by atomic mass is 16.5. The molecule has 2 bridgehead atoms. The Hall–Kier alpha value is -6.95. The van der Waals surface area contributed by atoms with Gasteiger partial charge in [-0.3, -0.25) is 38.4 Å². The topological polar surface area (TPSA) is 357 Å². The Kier molecular flexibility index (Phi) is 21.2. The van der Waals surface area contributed by atoms with E-state index in [9.17, 15) is 68.7 Å². The third-order valence-electron chi connectivity index (χ3n) is 14.0. The predicted molar refractivity (Wildman–Crippen MR) is 268 cm³/mol. The van der Waals surface area contributed by atoms with Gasteiger partial charge in [-0.2, -0.15) is 0 Å². The van der Waals surface area contributed by atoms with Crippen molar-refractivity contribution in [3.8, 4) is 5.75 Å². The molecule has 410 valence electrons. The minimum atomic E-state index is -1.91. The standard InChI is InChI=1S/C52H72N8O15/c1-6-27(2)42-52(74)75-29(4)43(58-45(67)35(20-22-40(53)65)54-48(70)39(64)26-32-14-18-34(63)19-15-32)49(71)56-37(24-31-12-16-33(62)17-13-31)46(68)55-36-21-23-41(66)60(50(36)72)44(28(3)61)51(73)59(5)38(47(69)57-42)25-30-10-8-7-9-11-30/h7-12,14-16,18-19,27-29,31,33,35-39,41-44,61-64,66H,6,13,17,20-26H2,1-5H3,(H2,53,65)(H,54,70)(H,55,68)(H,56,71)(H,57,69)(H,58,67)/t27-,28+,29-,31?,33?,35?,36-,37-,38-,39?,41+,42-,43-,44-/m0/s1. The zero-order valence-corrected chi connectivity index (χ0v) is 42.8. The summed E-state index contributed by atoms with van der Waals surface area (Å²) in [6.07, 6.45) is -5.11. The molecule has 0 spiro atoms. The second-order valence-electron chi connectivity index (χ2n) is 19.7. The molecule has 23 heteroatoms. The fourth-order valence-corrected chi connectivity index (χ4v) is 9.32. The third kappa shape index (κ3) is 16.0. The molecule has 23 nitrogen and oxygen atoms in total. The van der Waals surface area contributed by atoms with E-state index < -0.39 is 151 Å². The number of piperidine rings is 1. The molecule has 2 aliphatic heterocycles. The van der Waals surface area contributed by atoms with Crippen molar-refractivity contribution in [2.45, 2.75) is 165 Å². The summed E-state index contributed by atoms with van der Waals surface area (Å²) in [7, 11) is 1.27. The van der Waals surface area contributed by atoms with Crippen LogP contribution in [0.2, 0.25) is 0 Å². The Bertz CT molecular complexity index is 2390. The lowest BCUT2D eigenvalue weighted by atomic mass is 9.88. The number of hydrogen-bond donors (Lipinski definition) is 11. The molecule has 0 aromatic heterocycles. The molecule has 2 aromatic carbocycles. The van der Waals surface area contributed by atoms with Crippen LogP contribution in [-0.4, -0.2) is 169 Å². The number of rotatable bonds is 16. The minimum absolute atomic E-state index is 0.0615. The van der Waals surface area contributed by atoms with Gasteiger partial charge in [0.1, 0.15) is 66.5 Å². The summed E-state index contributed by atoms with van der Waals surface area (Å²) in [6, 6.07) is 2.96. The summed E-state index contributed by atoms with van der Waals surface area (Å²) in [5, 5.41) is 66.2. The Morgan fingerprint density at radius 1 is 0.827 bits per heavy atom. The molecule has 2 fully saturated rings. The molecule has 12 N–H and O–H groups in total. The molecular formula is C52H72N8O15. The number of aliphatic hydroxyl groups is 4. The molecule has 0 radical (unpaired) electrons. The number of nitrogens with one attached hydrogen (secondary N) is 5. The van der Waals surface area contributed by atoms with Crippen molar-refractivity contribution < 1.29 is 73.4 Å². The number of carbonyl (C=O) groups is 9. The summed E-state index contributed by atoms with van der Waals surface area (Å²) in [6.45, 7) is 5.84. The first-order chi connectivity index (χ1) is 35.5. The lowest BCUT2D eigenvalue weighted by Gasteiger charge is -2.43. The van der Waals surface area contributed by atoms with Crippen LogP contribution in [0.5, 0.6) is 5.75 Å². The molecule has 2 aromatic rings. The van der Waals surface area contributed by atoms with Gasteiger partial charge in [0.25, 0.3) is 0 Å². The van der Waals surface area contributed by atoms with Crippen LogP contribution in [0.4, 0.5) is 0 Å². The van der Waals surface area contributed by atoms with Gasteiger partial charge in [0.15, 0.2) is 0 Å². The maximum atomic E-state index is 14.8. The van der Waals surface area contributed by atoms with E-state index in [1.807, 2.05) is 0 Å². The molecule has 8 amide bonds. The number of primary amides is 1. The van der Waals surface area contributed by atoms with E-state index >= 15 is 0 Å². The van der Waals surface area contributed by atoms with Crippen molar-refractivity contribution in [3.05, 3.63) is 77.9 Å². The van der Waals surface area contributed by atoms with Gasteiger partial charge < -0.3 is 72.4 Å². The van der Waals surface area contributed by atoms with Crippen LogP contribution >= 0.6 is 0 Å². The van der Waals surface area contributed by atoms with Crippen molar-refractivity contribution in [1.29, 1.82) is 0 Å². The van der Waals surface area contributed by atoms with Crippen molar-refractivity contribution >= 4 is 53.2 Å². The van der Waals surface area contributed by atoms with Crippen molar-refractivity contribution in [2.24, 2.45) is 17.6 Å². The van der Waals surface area contributed by atoms with Gasteiger partial charge in [-0.25, -0.2) is 4.79 Å². The van der Waals surface area contributed by atoms with E-state index in [1.165, 1.54) is 51.2 Å². The van der Waals surface area contributed by atoms with E-state index in [1.54, 1.807) is 50.3 Å². The summed E-state index contributed by atoms with van der Waals surface area (Å²) in [5.74, 6) is -10.1. The fourth-order valence-electron chi connectivity index (χ4n) is 9.32. The first-order valence-corrected chi connectivity index (χ1v) is 25.3. The maximum Gasteiger partial charge on any atom is 0.329 e. The summed E-state index contributed by atoms with van der Waals surface area (Å²) < 4.78 is 5.93. The van der Waals surface area contributed by atoms with E-state index in [2.05, 4.69) is 26.6 Å². The summed E-state index contributed by atoms with van der Waals surface area (Å²) in [5.41, 5.74) is 6.45. The lowest BCUT2D eigenvalue weighted by Crippen LogP contribution is -2.67. The van der Waals surface area contributed by atoms with Crippen LogP contribution < -0.4 is 32.3 Å². The minimum Gasteiger partial charge on any atom is -0.508 e. The van der Waals surface area contributed by atoms with Crippen LogP contribution in [0, 0.1) is 11.8 Å². The number of carbonyl (C=O) groups excluding carboxylic acids is 9. The van der Waals surface area contributed by atoms with E-state index in [4.69, 9.17) is 10.5 Å². The number of fused-ring (bicyclic) bond motifs is 2. The maximum absolute atomic E-state index is 14.8. The number of cyclic esters (lactones) is 1. The summed E-state index contributed by atoms with van der Waals surface area (Å²) in [4.78, 5) is 129. The van der Waals surface area contributed by atoms with E-state index in [0.29, 0.717) is 24.0 Å². The Labute approximate surface area is 435 Å². The average molecular weight is 1050 g/mol. The number of ether oxygens (including phenoxy) is 1. The number of esters is 1. The second kappa shape index (κ2) is 27.0. The SMILES string of the molecule is CC[C@H](C)[C@@H]1NC(=O)[C@H](Cc2ccccc2)N(C)C(=O)[C@H]([C@@H](C)O)N2C(=O)[C@H](CC[C@H]2O)NC(=O)[C@H](CC2C=CC(O)CC2)NC(=O)[C@@H](NC(=O)C(CCC(N)=O)NC(=O)C(O)Cc2ccc(O)cc2)[C@H](C)OC1=O. The highest BCUT2D eigenvalue weighted by Gasteiger charge is 2.47. The largest absolute Gasteiger partial charge is 0.508 e. The van der Waals surface area contributed by atoms with E-state index in [-0.39, 0.29) is 44.3 Å². The molecular weight excluding hydrogens is 977 g/mol. The smallest absolute Gasteiger partial charge is 0.329 e. The molecule has 14 atom stereocenters. The highest BCUT2D eigenvalue weighted by molar-refractivity contribution is 5.98. The van der Waals surface area contributed by atoms with E-state index in [0.717, 1.165) is 9.80 Å². The van der Waals surface area contributed by atoms with Gasteiger partial charge in [-0.15, -0.1) is 0 Å². The molecule has 2 saturated heterocycles. The number of nitrogens with zero attached hydrogens (tertiary/aromatic N) is 2. The molecule has 0 saturated carbocycles. The van der Waals surface area contributed by atoms with Crippen LogP contribution in [0.3, 0.4) is 0 Å². The number of hydrogen-bond acceptors (Lipinski definition) is 15. The van der Waals surface area contributed by atoms with Gasteiger partial charge in [0, 0.05) is 26.3 Å². The Morgan fingerprint density at radius 3 is 2.12 bits per heavy atom. The van der Waals surface area contributed by atoms with Crippen molar-refractivity contribution in [3.63, 3.8) is 0 Å². The molecule has 3 aliphatic rings. The monoisotopic (exact) mass is 1050 g/mol. The highest BCUT2D eigenvalue weighted by Crippen LogP contribution is 2.27. The molecule has 1 aliphatic carbocycles. The normalized spacial score (nSPS) is 27.9. The molecule has 75 heavy (non-hydrogen) atoms.